The number of unbranched alkanes of at least 4 members (excludes halogenated alkanes) is 14. The van der Waals surface area contributed by atoms with Gasteiger partial charge >= 0.3 is 18.0 Å². The summed E-state index contributed by atoms with van der Waals surface area (Å²) < 4.78 is 11.9. The second-order valence-corrected chi connectivity index (χ2v) is 16.2. The van der Waals surface area contributed by atoms with E-state index in [0.29, 0.717) is 64.4 Å². The molecular weight excluding hydrogens is 658 g/mol. The largest absolute Gasteiger partial charge is 0.481 e. The molecule has 0 atom stereocenters. The Bertz CT molecular complexity index is 963. The number of likely N-dealkylation sites (tertiary alicyclic amines) is 1. The van der Waals surface area contributed by atoms with Gasteiger partial charge in [0, 0.05) is 51.4 Å². The van der Waals surface area contributed by atoms with Gasteiger partial charge in [-0.05, 0) is 64.5 Å². The van der Waals surface area contributed by atoms with E-state index in [1.54, 1.807) is 0 Å². The van der Waals surface area contributed by atoms with E-state index in [2.05, 4.69) is 13.8 Å². The van der Waals surface area contributed by atoms with Crippen LogP contribution in [-0.2, 0) is 23.9 Å². The standard InChI is InChI=1S/C42H77N3O7/c1-5-7-9-11-14-18-22-35(23-19-15-12-10-8-6-2)34-51-41(49)32-36-30-37(31-36)45(27-21-17-13-16-20-24-40(47)48)42(50)52-38-25-28-44(29-26-38)39(46)33-43(3)4/h35-38H,5-34H2,1-4H3,(H,47,48). The van der Waals surface area contributed by atoms with Crippen molar-refractivity contribution in [2.75, 3.05) is 46.9 Å². The molecule has 0 aromatic rings. The first kappa shape index (κ1) is 45.8. The van der Waals surface area contributed by atoms with E-state index >= 15 is 0 Å². The molecule has 0 aromatic carbocycles. The molecule has 0 spiro atoms. The molecule has 1 aliphatic carbocycles. The molecule has 1 heterocycles. The molecule has 1 saturated heterocycles. The SMILES string of the molecule is CCCCCCCCC(CCCCCCCC)COC(=O)CC1CC(N(CCCCCCCC(=O)O)C(=O)OC2CCN(C(=O)CN(C)C)CC2)C1. The second kappa shape index (κ2) is 28.1. The second-order valence-electron chi connectivity index (χ2n) is 16.2. The highest BCUT2D eigenvalue weighted by Crippen LogP contribution is 2.36. The number of nitrogens with zero attached hydrogens (tertiary/aromatic N) is 3. The lowest BCUT2D eigenvalue weighted by Gasteiger charge is -2.43. The fraction of sp³-hybridized carbons (Fsp3) is 0.905. The van der Waals surface area contributed by atoms with Gasteiger partial charge < -0.3 is 29.3 Å². The summed E-state index contributed by atoms with van der Waals surface area (Å²) in [6.45, 7) is 7.19. The number of aliphatic carboxylic acids is 1. The summed E-state index contributed by atoms with van der Waals surface area (Å²) in [6.07, 6.45) is 24.8. The number of esters is 1. The van der Waals surface area contributed by atoms with Gasteiger partial charge in [-0.25, -0.2) is 4.79 Å². The Kier molecular flexibility index (Phi) is 24.8. The molecule has 10 nitrogen and oxygen atoms in total. The van der Waals surface area contributed by atoms with Crippen molar-refractivity contribution in [1.29, 1.82) is 0 Å². The van der Waals surface area contributed by atoms with Crippen LogP contribution in [-0.4, -0.2) is 103 Å². The summed E-state index contributed by atoms with van der Waals surface area (Å²) in [5.41, 5.74) is 0. The summed E-state index contributed by atoms with van der Waals surface area (Å²) in [5, 5.41) is 8.90. The number of rotatable bonds is 30. The van der Waals surface area contributed by atoms with Crippen LogP contribution >= 0.6 is 0 Å². The lowest BCUT2D eigenvalue weighted by atomic mass is 9.77. The number of carboxylic acid groups (broad SMARTS) is 1. The average Bonchev–Trinajstić information content (AvgIpc) is 3.09. The van der Waals surface area contributed by atoms with E-state index in [1.165, 1.54) is 77.0 Å². The number of hydrogen-bond donors (Lipinski definition) is 1. The van der Waals surface area contributed by atoms with E-state index in [4.69, 9.17) is 14.6 Å². The zero-order valence-electron chi connectivity index (χ0n) is 33.8. The maximum absolute atomic E-state index is 13.5. The van der Waals surface area contributed by atoms with Gasteiger partial charge in [-0.3, -0.25) is 14.4 Å². The Morgan fingerprint density at radius 1 is 0.750 bits per heavy atom. The van der Waals surface area contributed by atoms with Crippen LogP contribution in [0.3, 0.4) is 0 Å². The van der Waals surface area contributed by atoms with Crippen molar-refractivity contribution in [2.24, 2.45) is 11.8 Å². The number of likely N-dealkylation sites (N-methyl/N-ethyl adjacent to an activating group) is 1. The predicted octanol–water partition coefficient (Wildman–Crippen LogP) is 9.23. The molecule has 0 aromatic heterocycles. The summed E-state index contributed by atoms with van der Waals surface area (Å²) >= 11 is 0. The summed E-state index contributed by atoms with van der Waals surface area (Å²) in [5.74, 6) is -0.102. The average molecular weight is 736 g/mol. The molecule has 10 heteroatoms. The van der Waals surface area contributed by atoms with E-state index < -0.39 is 5.97 Å². The minimum atomic E-state index is -0.758. The van der Waals surface area contributed by atoms with Gasteiger partial charge in [0.05, 0.1) is 13.2 Å². The van der Waals surface area contributed by atoms with Crippen LogP contribution in [0.15, 0.2) is 0 Å². The molecule has 0 unspecified atom stereocenters. The Morgan fingerprint density at radius 3 is 1.85 bits per heavy atom. The smallest absolute Gasteiger partial charge is 0.410 e. The van der Waals surface area contributed by atoms with Gasteiger partial charge in [-0.1, -0.05) is 110 Å². The van der Waals surface area contributed by atoms with Gasteiger partial charge in [0.2, 0.25) is 5.91 Å². The number of amides is 2. The summed E-state index contributed by atoms with van der Waals surface area (Å²) in [6, 6.07) is 0.0484. The van der Waals surface area contributed by atoms with E-state index in [0.717, 1.165) is 51.4 Å². The molecule has 2 rings (SSSR count). The van der Waals surface area contributed by atoms with Gasteiger partial charge in [0.25, 0.3) is 0 Å². The van der Waals surface area contributed by atoms with E-state index in [-0.39, 0.29) is 42.5 Å². The van der Waals surface area contributed by atoms with Crippen molar-refractivity contribution in [3.63, 3.8) is 0 Å². The maximum atomic E-state index is 13.5. The molecule has 2 fully saturated rings. The van der Waals surface area contributed by atoms with Gasteiger partial charge in [-0.2, -0.15) is 0 Å². The van der Waals surface area contributed by atoms with Crippen molar-refractivity contribution < 1.29 is 33.8 Å². The quantitative estimate of drug-likeness (QED) is 0.0574. The number of piperidine rings is 1. The minimum absolute atomic E-state index is 0.0484. The first-order valence-electron chi connectivity index (χ1n) is 21.4. The number of carboxylic acids is 1. The molecule has 1 aliphatic heterocycles. The molecule has 0 bridgehead atoms. The molecule has 2 aliphatic rings. The van der Waals surface area contributed by atoms with Gasteiger partial charge in [0.15, 0.2) is 0 Å². The third kappa shape index (κ3) is 20.8. The molecule has 0 radical (unpaired) electrons. The van der Waals surface area contributed by atoms with Crippen LogP contribution in [0.5, 0.6) is 0 Å². The van der Waals surface area contributed by atoms with Crippen molar-refractivity contribution in [3.8, 4) is 0 Å². The number of carbonyl (C=O) groups is 4. The minimum Gasteiger partial charge on any atom is -0.481 e. The molecule has 302 valence electrons. The highest BCUT2D eigenvalue weighted by molar-refractivity contribution is 5.78. The van der Waals surface area contributed by atoms with Crippen molar-refractivity contribution in [2.45, 2.75) is 187 Å². The number of ether oxygens (including phenoxy) is 2. The fourth-order valence-electron chi connectivity index (χ4n) is 7.68. The molecule has 1 N–H and O–H groups in total. The third-order valence-electron chi connectivity index (χ3n) is 11.1. The predicted molar refractivity (Wildman–Crippen MR) is 208 cm³/mol. The van der Waals surface area contributed by atoms with Crippen molar-refractivity contribution in [3.05, 3.63) is 0 Å². The maximum Gasteiger partial charge on any atom is 0.410 e. The van der Waals surface area contributed by atoms with Crippen LogP contribution in [0.4, 0.5) is 4.79 Å². The van der Waals surface area contributed by atoms with Crippen molar-refractivity contribution >= 4 is 23.9 Å². The van der Waals surface area contributed by atoms with Crippen LogP contribution in [0.25, 0.3) is 0 Å². The Balaban J connectivity index is 1.83. The monoisotopic (exact) mass is 736 g/mol. The molecular formula is C42H77N3O7. The van der Waals surface area contributed by atoms with Crippen LogP contribution in [0.2, 0.25) is 0 Å². The highest BCUT2D eigenvalue weighted by atomic mass is 16.6. The van der Waals surface area contributed by atoms with Crippen LogP contribution in [0.1, 0.15) is 174 Å². The number of hydrogen-bond acceptors (Lipinski definition) is 7. The van der Waals surface area contributed by atoms with E-state index in [9.17, 15) is 19.2 Å². The van der Waals surface area contributed by atoms with Gasteiger partial charge in [-0.15, -0.1) is 0 Å². The summed E-state index contributed by atoms with van der Waals surface area (Å²) in [7, 11) is 3.77. The third-order valence-corrected chi connectivity index (χ3v) is 11.1. The molecule has 1 saturated carbocycles. The zero-order chi connectivity index (χ0) is 38.0. The first-order valence-corrected chi connectivity index (χ1v) is 21.4. The Labute approximate surface area is 317 Å². The first-order chi connectivity index (χ1) is 25.1. The topological polar surface area (TPSA) is 117 Å². The van der Waals surface area contributed by atoms with Gasteiger partial charge in [0.1, 0.15) is 6.10 Å². The lowest BCUT2D eigenvalue weighted by molar-refractivity contribution is -0.147. The number of carbonyl (C=O) groups excluding carboxylic acids is 3. The summed E-state index contributed by atoms with van der Waals surface area (Å²) in [4.78, 5) is 55.4. The fourth-order valence-corrected chi connectivity index (χ4v) is 7.68. The van der Waals surface area contributed by atoms with Crippen molar-refractivity contribution in [1.82, 2.24) is 14.7 Å². The normalized spacial score (nSPS) is 17.7. The van der Waals surface area contributed by atoms with E-state index in [1.807, 2.05) is 28.8 Å². The zero-order valence-corrected chi connectivity index (χ0v) is 33.8. The highest BCUT2D eigenvalue weighted by Gasteiger charge is 2.39. The Hall–Kier alpha value is -2.36. The Morgan fingerprint density at radius 2 is 1.29 bits per heavy atom. The molecule has 2 amide bonds. The van der Waals surface area contributed by atoms with Crippen LogP contribution in [0, 0.1) is 11.8 Å². The molecule has 52 heavy (non-hydrogen) atoms. The van der Waals surface area contributed by atoms with Crippen LogP contribution < -0.4 is 0 Å². The lowest BCUT2D eigenvalue weighted by Crippen LogP contribution is -2.50.